The monoisotopic (exact) mass is 407 g/mol. The maximum Gasteiger partial charge on any atom is 0.262 e. The molecule has 0 heterocycles. The number of rotatable bonds is 8. The largest absolute Gasteiger partial charge is 0.495 e. The van der Waals surface area contributed by atoms with Crippen LogP contribution in [0.3, 0.4) is 0 Å². The first-order valence-electron chi connectivity index (χ1n) is 8.68. The quantitative estimate of drug-likeness (QED) is 0.455. The number of nitrogens with one attached hydrogen (secondary N) is 3. The van der Waals surface area contributed by atoms with Crippen LogP contribution in [0.5, 0.6) is 5.75 Å². The van der Waals surface area contributed by atoms with E-state index < -0.39 is 10.0 Å². The molecule has 0 amide bonds. The SMILES string of the molecule is CCCCNC(=S)Nc1ccc(C)c(S(=O)(=O)Nc2ccccc2OC)c1. The highest BCUT2D eigenvalue weighted by Gasteiger charge is 2.19. The molecule has 0 atom stereocenters. The van der Waals surface area contributed by atoms with E-state index in [4.69, 9.17) is 17.0 Å². The summed E-state index contributed by atoms with van der Waals surface area (Å²) in [4.78, 5) is 0.176. The minimum absolute atomic E-state index is 0.176. The number of hydrogen-bond acceptors (Lipinski definition) is 4. The molecule has 0 saturated heterocycles. The number of anilines is 2. The van der Waals surface area contributed by atoms with Crippen molar-refractivity contribution in [2.45, 2.75) is 31.6 Å². The Bertz CT molecular complexity index is 899. The number of unbranched alkanes of at least 4 members (excludes halogenated alkanes) is 1. The van der Waals surface area contributed by atoms with Gasteiger partial charge in [0, 0.05) is 12.2 Å². The van der Waals surface area contributed by atoms with Gasteiger partial charge < -0.3 is 15.4 Å². The molecule has 0 bridgehead atoms. The standard InChI is InChI=1S/C19H25N3O3S2/c1-4-5-12-20-19(26)21-15-11-10-14(2)18(13-15)27(23,24)22-16-8-6-7-9-17(16)25-3/h6-11,13,22H,4-5,12H2,1-3H3,(H2,20,21,26). The maximum absolute atomic E-state index is 12.9. The second kappa shape index (κ2) is 9.57. The van der Waals surface area contributed by atoms with Gasteiger partial charge in [-0.3, -0.25) is 4.72 Å². The van der Waals surface area contributed by atoms with Gasteiger partial charge in [0.1, 0.15) is 5.75 Å². The average molecular weight is 408 g/mol. The topological polar surface area (TPSA) is 79.5 Å². The highest BCUT2D eigenvalue weighted by molar-refractivity contribution is 7.92. The zero-order chi connectivity index (χ0) is 19.9. The van der Waals surface area contributed by atoms with E-state index in [1.54, 1.807) is 49.4 Å². The van der Waals surface area contributed by atoms with E-state index in [0.717, 1.165) is 19.4 Å². The fraction of sp³-hybridized carbons (Fsp3) is 0.316. The Labute approximate surface area is 166 Å². The molecule has 3 N–H and O–H groups in total. The second-order valence-electron chi connectivity index (χ2n) is 6.02. The molecule has 8 heteroatoms. The van der Waals surface area contributed by atoms with Gasteiger partial charge in [-0.25, -0.2) is 8.42 Å². The Morgan fingerprint density at radius 3 is 2.63 bits per heavy atom. The first kappa shape index (κ1) is 21.0. The lowest BCUT2D eigenvalue weighted by Crippen LogP contribution is -2.29. The van der Waals surface area contributed by atoms with Gasteiger partial charge in [-0.2, -0.15) is 0 Å². The van der Waals surface area contributed by atoms with Gasteiger partial charge in [0.05, 0.1) is 17.7 Å². The molecular formula is C19H25N3O3S2. The summed E-state index contributed by atoms with van der Waals surface area (Å²) in [5.41, 5.74) is 1.62. The summed E-state index contributed by atoms with van der Waals surface area (Å²) in [7, 11) is -2.29. The number of benzene rings is 2. The van der Waals surface area contributed by atoms with Crippen LogP contribution in [-0.2, 0) is 10.0 Å². The summed E-state index contributed by atoms with van der Waals surface area (Å²) in [6.45, 7) is 4.62. The van der Waals surface area contributed by atoms with Crippen LogP contribution in [0, 0.1) is 6.92 Å². The summed E-state index contributed by atoms with van der Waals surface area (Å²) in [5, 5.41) is 6.59. The molecule has 0 fully saturated rings. The number of ether oxygens (including phenoxy) is 1. The molecule has 2 aromatic rings. The number of methoxy groups -OCH3 is 1. The number of para-hydroxylation sites is 2. The Morgan fingerprint density at radius 1 is 1.19 bits per heavy atom. The summed E-state index contributed by atoms with van der Waals surface area (Å²) >= 11 is 5.25. The zero-order valence-electron chi connectivity index (χ0n) is 15.7. The lowest BCUT2D eigenvalue weighted by atomic mass is 10.2. The van der Waals surface area contributed by atoms with Crippen LogP contribution < -0.4 is 20.1 Å². The number of hydrogen-bond donors (Lipinski definition) is 3. The highest BCUT2D eigenvalue weighted by Crippen LogP contribution is 2.28. The zero-order valence-corrected chi connectivity index (χ0v) is 17.3. The predicted molar refractivity (Wildman–Crippen MR) is 114 cm³/mol. The highest BCUT2D eigenvalue weighted by atomic mass is 32.2. The van der Waals surface area contributed by atoms with Crippen molar-refractivity contribution >= 4 is 38.7 Å². The van der Waals surface area contributed by atoms with Gasteiger partial charge in [0.2, 0.25) is 0 Å². The molecule has 0 aliphatic carbocycles. The minimum Gasteiger partial charge on any atom is -0.495 e. The molecular weight excluding hydrogens is 382 g/mol. The Morgan fingerprint density at radius 2 is 1.93 bits per heavy atom. The van der Waals surface area contributed by atoms with Gasteiger partial charge in [0.25, 0.3) is 10.0 Å². The van der Waals surface area contributed by atoms with Crippen LogP contribution in [0.15, 0.2) is 47.4 Å². The molecule has 6 nitrogen and oxygen atoms in total. The summed E-state index contributed by atoms with van der Waals surface area (Å²) < 4.78 is 33.6. The Kier molecular flexibility index (Phi) is 7.44. The maximum atomic E-state index is 12.9. The van der Waals surface area contributed by atoms with Crippen LogP contribution in [0.1, 0.15) is 25.3 Å². The van der Waals surface area contributed by atoms with E-state index in [9.17, 15) is 8.42 Å². The summed E-state index contributed by atoms with van der Waals surface area (Å²) in [6, 6.07) is 12.0. The van der Waals surface area contributed by atoms with Crippen molar-refractivity contribution in [3.05, 3.63) is 48.0 Å². The molecule has 27 heavy (non-hydrogen) atoms. The minimum atomic E-state index is -3.79. The van der Waals surface area contributed by atoms with Gasteiger partial charge in [-0.1, -0.05) is 31.5 Å². The van der Waals surface area contributed by atoms with Crippen LogP contribution in [0.25, 0.3) is 0 Å². The lowest BCUT2D eigenvalue weighted by Gasteiger charge is -2.15. The second-order valence-corrected chi connectivity index (χ2v) is 8.08. The molecule has 146 valence electrons. The van der Waals surface area contributed by atoms with Gasteiger partial charge >= 0.3 is 0 Å². The van der Waals surface area contributed by atoms with Crippen molar-refractivity contribution in [3.8, 4) is 5.75 Å². The number of sulfonamides is 1. The van der Waals surface area contributed by atoms with E-state index in [0.29, 0.717) is 27.8 Å². The molecule has 0 unspecified atom stereocenters. The van der Waals surface area contributed by atoms with Crippen LogP contribution in [0.4, 0.5) is 11.4 Å². The van der Waals surface area contributed by atoms with Gasteiger partial charge in [-0.15, -0.1) is 0 Å². The van der Waals surface area contributed by atoms with E-state index in [1.807, 2.05) is 0 Å². The Balaban J connectivity index is 2.22. The van der Waals surface area contributed by atoms with Crippen LogP contribution in [-0.4, -0.2) is 27.2 Å². The van der Waals surface area contributed by atoms with Crippen molar-refractivity contribution in [3.63, 3.8) is 0 Å². The molecule has 2 rings (SSSR count). The van der Waals surface area contributed by atoms with E-state index in [1.165, 1.54) is 7.11 Å². The van der Waals surface area contributed by atoms with Crippen molar-refractivity contribution in [1.29, 1.82) is 0 Å². The smallest absolute Gasteiger partial charge is 0.262 e. The van der Waals surface area contributed by atoms with Crippen LogP contribution in [0.2, 0.25) is 0 Å². The predicted octanol–water partition coefficient (Wildman–Crippen LogP) is 3.89. The number of aryl methyl sites for hydroxylation is 1. The molecule has 0 aromatic heterocycles. The third-order valence-corrected chi connectivity index (χ3v) is 5.66. The fourth-order valence-corrected chi connectivity index (χ4v) is 4.01. The lowest BCUT2D eigenvalue weighted by molar-refractivity contribution is 0.417. The fourth-order valence-electron chi connectivity index (χ4n) is 2.45. The van der Waals surface area contributed by atoms with E-state index in [-0.39, 0.29) is 4.90 Å². The summed E-state index contributed by atoms with van der Waals surface area (Å²) in [5.74, 6) is 0.453. The van der Waals surface area contributed by atoms with Crippen LogP contribution >= 0.6 is 12.2 Å². The third kappa shape index (κ3) is 5.83. The van der Waals surface area contributed by atoms with Crippen molar-refractivity contribution < 1.29 is 13.2 Å². The molecule has 0 aliphatic heterocycles. The Hall–Kier alpha value is -2.32. The normalized spacial score (nSPS) is 10.9. The van der Waals surface area contributed by atoms with E-state index in [2.05, 4.69) is 22.3 Å². The first-order chi connectivity index (χ1) is 12.9. The van der Waals surface area contributed by atoms with Gasteiger partial charge in [-0.05, 0) is 55.4 Å². The number of thiocarbonyl (C=S) groups is 1. The summed E-state index contributed by atoms with van der Waals surface area (Å²) in [6.07, 6.45) is 2.08. The molecule has 2 aromatic carbocycles. The first-order valence-corrected chi connectivity index (χ1v) is 10.6. The van der Waals surface area contributed by atoms with Gasteiger partial charge in [0.15, 0.2) is 5.11 Å². The molecule has 0 spiro atoms. The van der Waals surface area contributed by atoms with Crippen molar-refractivity contribution in [1.82, 2.24) is 5.32 Å². The molecule has 0 saturated carbocycles. The molecule has 0 aliphatic rings. The third-order valence-electron chi connectivity index (χ3n) is 3.90. The van der Waals surface area contributed by atoms with Crippen molar-refractivity contribution in [2.75, 3.05) is 23.7 Å². The van der Waals surface area contributed by atoms with E-state index >= 15 is 0 Å². The van der Waals surface area contributed by atoms with Crippen molar-refractivity contribution in [2.24, 2.45) is 0 Å². The molecule has 0 radical (unpaired) electrons. The average Bonchev–Trinajstić information content (AvgIpc) is 2.63.